The lowest BCUT2D eigenvalue weighted by Gasteiger charge is -2.03. The average Bonchev–Trinajstić information content (AvgIpc) is 2.84. The fraction of sp³-hybridized carbons (Fsp3) is 0.400. The summed E-state index contributed by atoms with van der Waals surface area (Å²) < 4.78 is 52.7. The molecule has 0 spiro atoms. The summed E-state index contributed by atoms with van der Waals surface area (Å²) in [5, 5.41) is 3.33. The highest BCUT2D eigenvalue weighted by molar-refractivity contribution is 7.91. The Morgan fingerprint density at radius 1 is 1.58 bits per heavy atom. The Morgan fingerprint density at radius 3 is 2.95 bits per heavy atom. The zero-order chi connectivity index (χ0) is 14.3. The molecule has 0 bridgehead atoms. The maximum Gasteiger partial charge on any atom is 0.415 e. The van der Waals surface area contributed by atoms with Crippen molar-refractivity contribution in [1.29, 1.82) is 0 Å². The maximum absolute atomic E-state index is 12.5. The monoisotopic (exact) mass is 296 g/mol. The molecule has 0 N–H and O–H groups in total. The standard InChI is InChI=1S/C10H11F3N2O3S/c1-2-17-15-6-7-5-14-10(18-7)19(16)4-3-8(11)9(12)13/h5-6H,2-4H2,1H3/b15-6+. The summed E-state index contributed by atoms with van der Waals surface area (Å²) in [4.78, 5) is 8.36. The molecule has 106 valence electrons. The number of nitrogens with zero attached hydrogens (tertiary/aromatic N) is 2. The van der Waals surface area contributed by atoms with E-state index in [-0.39, 0.29) is 16.7 Å². The second-order valence-corrected chi connectivity index (χ2v) is 4.59. The van der Waals surface area contributed by atoms with Crippen molar-refractivity contribution < 1.29 is 27.0 Å². The third-order valence-electron chi connectivity index (χ3n) is 1.79. The minimum atomic E-state index is -2.41. The topological polar surface area (TPSA) is 70.7 Å². The normalized spacial score (nSPS) is 12.7. The van der Waals surface area contributed by atoms with Gasteiger partial charge >= 0.3 is 11.3 Å². The fourth-order valence-electron chi connectivity index (χ4n) is 0.963. The predicted molar refractivity (Wildman–Crippen MR) is 62.0 cm³/mol. The van der Waals surface area contributed by atoms with Crippen LogP contribution in [0.3, 0.4) is 0 Å². The Morgan fingerprint density at radius 2 is 2.32 bits per heavy atom. The number of aromatic nitrogens is 1. The third kappa shape index (κ3) is 5.35. The molecule has 1 rings (SSSR count). The van der Waals surface area contributed by atoms with Crippen LogP contribution in [-0.2, 0) is 16.0 Å². The molecule has 19 heavy (non-hydrogen) atoms. The van der Waals surface area contributed by atoms with Crippen molar-refractivity contribution in [3.63, 3.8) is 0 Å². The molecular weight excluding hydrogens is 285 g/mol. The lowest BCUT2D eigenvalue weighted by atomic mass is 10.4. The van der Waals surface area contributed by atoms with E-state index in [1.807, 2.05) is 0 Å². The summed E-state index contributed by atoms with van der Waals surface area (Å²) in [5.74, 6) is -1.73. The predicted octanol–water partition coefficient (Wildman–Crippen LogP) is 2.62. The van der Waals surface area contributed by atoms with Crippen LogP contribution in [0.15, 0.2) is 32.9 Å². The van der Waals surface area contributed by atoms with Crippen molar-refractivity contribution in [1.82, 2.24) is 4.98 Å². The molecule has 9 heteroatoms. The summed E-state index contributed by atoms with van der Waals surface area (Å²) in [6.07, 6.45) is -0.579. The van der Waals surface area contributed by atoms with E-state index >= 15 is 0 Å². The van der Waals surface area contributed by atoms with Crippen LogP contribution in [0, 0.1) is 0 Å². The van der Waals surface area contributed by atoms with E-state index in [9.17, 15) is 17.7 Å². The van der Waals surface area contributed by atoms with E-state index in [0.717, 1.165) is 0 Å². The molecule has 0 saturated carbocycles. The number of hydrogen-bond acceptors (Lipinski definition) is 5. The lowest BCUT2D eigenvalue weighted by molar-refractivity contribution is 0.160. The Kier molecular flexibility index (Phi) is 6.43. The van der Waals surface area contributed by atoms with E-state index in [1.165, 1.54) is 12.4 Å². The molecule has 1 atom stereocenters. The minimum absolute atomic E-state index is 0.176. The van der Waals surface area contributed by atoms with Crippen molar-refractivity contribution in [3.05, 3.63) is 23.9 Å². The molecule has 1 aromatic heterocycles. The molecule has 0 aliphatic rings. The minimum Gasteiger partial charge on any atom is -0.608 e. The number of allylic oxidation sites excluding steroid dienone is 1. The first-order valence-corrected chi connectivity index (χ1v) is 6.55. The van der Waals surface area contributed by atoms with E-state index < -0.39 is 29.5 Å². The molecule has 1 aromatic rings. The molecule has 0 amide bonds. The van der Waals surface area contributed by atoms with Gasteiger partial charge in [-0.1, -0.05) is 5.16 Å². The Labute approximate surface area is 110 Å². The Balaban J connectivity index is 2.54. The Bertz CT molecular complexity index is 461. The van der Waals surface area contributed by atoms with Gasteiger partial charge < -0.3 is 13.8 Å². The summed E-state index contributed by atoms with van der Waals surface area (Å²) in [6, 6.07) is 0. The van der Waals surface area contributed by atoms with Crippen molar-refractivity contribution in [2.24, 2.45) is 5.16 Å². The summed E-state index contributed by atoms with van der Waals surface area (Å²) in [6.45, 7) is 2.12. The van der Waals surface area contributed by atoms with Crippen LogP contribution in [0.25, 0.3) is 0 Å². The van der Waals surface area contributed by atoms with Crippen LogP contribution in [0.4, 0.5) is 13.2 Å². The van der Waals surface area contributed by atoms with Crippen LogP contribution >= 0.6 is 0 Å². The van der Waals surface area contributed by atoms with Crippen LogP contribution in [0.2, 0.25) is 0 Å². The van der Waals surface area contributed by atoms with Gasteiger partial charge in [-0.05, 0) is 6.92 Å². The van der Waals surface area contributed by atoms with Gasteiger partial charge in [-0.2, -0.15) is 13.8 Å². The van der Waals surface area contributed by atoms with Crippen molar-refractivity contribution in [3.8, 4) is 0 Å². The van der Waals surface area contributed by atoms with Gasteiger partial charge in [-0.15, -0.1) is 0 Å². The van der Waals surface area contributed by atoms with Gasteiger partial charge in [0.2, 0.25) is 0 Å². The molecule has 0 saturated heterocycles. The molecule has 0 aromatic carbocycles. The van der Waals surface area contributed by atoms with Gasteiger partial charge in [0.1, 0.15) is 18.6 Å². The average molecular weight is 296 g/mol. The largest absolute Gasteiger partial charge is 0.608 e. The SMILES string of the molecule is CCO/N=C/c1cnc([S+]([O-])CCC(F)=C(F)F)o1. The number of oxazole rings is 1. The van der Waals surface area contributed by atoms with Gasteiger partial charge in [0, 0.05) is 11.2 Å². The fourth-order valence-corrected chi connectivity index (χ4v) is 1.86. The Hall–Kier alpha value is -1.48. The van der Waals surface area contributed by atoms with Gasteiger partial charge in [-0.3, -0.25) is 0 Å². The molecule has 1 unspecified atom stereocenters. The van der Waals surface area contributed by atoms with Crippen molar-refractivity contribution in [2.45, 2.75) is 18.6 Å². The van der Waals surface area contributed by atoms with E-state index in [1.54, 1.807) is 6.92 Å². The first-order chi connectivity index (χ1) is 9.04. The summed E-state index contributed by atoms with van der Waals surface area (Å²) >= 11 is -1.79. The summed E-state index contributed by atoms with van der Waals surface area (Å²) in [5.41, 5.74) is 0. The van der Waals surface area contributed by atoms with Gasteiger partial charge in [0.15, 0.2) is 11.6 Å². The van der Waals surface area contributed by atoms with E-state index in [0.29, 0.717) is 6.61 Å². The maximum atomic E-state index is 12.5. The highest BCUT2D eigenvalue weighted by Gasteiger charge is 2.20. The number of oxime groups is 1. The lowest BCUT2D eigenvalue weighted by Crippen LogP contribution is -2.07. The van der Waals surface area contributed by atoms with Crippen LogP contribution < -0.4 is 0 Å². The number of hydrogen-bond donors (Lipinski definition) is 0. The van der Waals surface area contributed by atoms with Crippen molar-refractivity contribution >= 4 is 17.4 Å². The molecule has 0 fully saturated rings. The van der Waals surface area contributed by atoms with E-state index in [2.05, 4.69) is 15.0 Å². The van der Waals surface area contributed by atoms with Crippen molar-refractivity contribution in [2.75, 3.05) is 12.4 Å². The van der Waals surface area contributed by atoms with Gasteiger partial charge in [0.25, 0.3) is 0 Å². The summed E-state index contributed by atoms with van der Waals surface area (Å²) in [7, 11) is 0. The zero-order valence-electron chi connectivity index (χ0n) is 9.94. The third-order valence-corrected chi connectivity index (χ3v) is 2.95. The van der Waals surface area contributed by atoms with Crippen LogP contribution in [0.1, 0.15) is 19.1 Å². The number of halogens is 3. The first kappa shape index (κ1) is 15.6. The molecule has 5 nitrogen and oxygen atoms in total. The van der Waals surface area contributed by atoms with E-state index in [4.69, 9.17) is 4.42 Å². The quantitative estimate of drug-likeness (QED) is 0.440. The highest BCUT2D eigenvalue weighted by Crippen LogP contribution is 2.17. The second kappa shape index (κ2) is 7.85. The molecule has 1 heterocycles. The number of rotatable bonds is 7. The zero-order valence-corrected chi connectivity index (χ0v) is 10.8. The van der Waals surface area contributed by atoms with Crippen LogP contribution in [0.5, 0.6) is 0 Å². The molecular formula is C10H11F3N2O3S. The second-order valence-electron chi connectivity index (χ2n) is 3.15. The first-order valence-electron chi connectivity index (χ1n) is 5.23. The smallest absolute Gasteiger partial charge is 0.415 e. The molecule has 0 aliphatic heterocycles. The van der Waals surface area contributed by atoms with Gasteiger partial charge in [0.05, 0.1) is 12.6 Å². The molecule has 0 radical (unpaired) electrons. The van der Waals surface area contributed by atoms with Gasteiger partial charge in [-0.25, -0.2) is 4.39 Å². The highest BCUT2D eigenvalue weighted by atomic mass is 32.2. The molecule has 0 aliphatic carbocycles. The van der Waals surface area contributed by atoms with Crippen LogP contribution in [-0.4, -0.2) is 28.1 Å².